The normalized spacial score (nSPS) is 19.8. The number of nitrogens with zero attached hydrogens (tertiary/aromatic N) is 3. The van der Waals surface area contributed by atoms with Crippen molar-refractivity contribution in [3.63, 3.8) is 0 Å². The highest BCUT2D eigenvalue weighted by Crippen LogP contribution is 2.10. The van der Waals surface area contributed by atoms with E-state index in [1.54, 1.807) is 11.9 Å². The van der Waals surface area contributed by atoms with E-state index in [-0.39, 0.29) is 0 Å². The van der Waals surface area contributed by atoms with Gasteiger partial charge in [0.25, 0.3) is 6.33 Å². The van der Waals surface area contributed by atoms with Gasteiger partial charge >= 0.3 is 0 Å². The Morgan fingerprint density at radius 1 is 1.62 bits per heavy atom. The van der Waals surface area contributed by atoms with Crippen molar-refractivity contribution in [1.82, 2.24) is 3.97 Å². The first-order chi connectivity index (χ1) is 7.61. The largest absolute Gasteiger partial charge is 0.476 e. The van der Waals surface area contributed by atoms with Crippen LogP contribution in [-0.4, -0.2) is 28.8 Å². The summed E-state index contributed by atoms with van der Waals surface area (Å²) in [4.78, 5) is 4.45. The summed E-state index contributed by atoms with van der Waals surface area (Å²) in [5.41, 5.74) is 2.54. The topological polar surface area (TPSA) is 30.4 Å². The molecule has 1 aromatic heterocycles. The van der Waals surface area contributed by atoms with Gasteiger partial charge in [0.2, 0.25) is 5.90 Å². The molecular formula is C11H18N3OS+. The van der Waals surface area contributed by atoms with Crippen molar-refractivity contribution in [2.75, 3.05) is 12.9 Å². The lowest BCUT2D eigenvalue weighted by Crippen LogP contribution is -2.39. The number of rotatable bonds is 3. The van der Waals surface area contributed by atoms with Crippen LogP contribution in [0.1, 0.15) is 18.3 Å². The Morgan fingerprint density at radius 2 is 2.38 bits per heavy atom. The average Bonchev–Trinajstić information content (AvgIpc) is 2.78. The van der Waals surface area contributed by atoms with Crippen LogP contribution in [0.2, 0.25) is 0 Å². The Morgan fingerprint density at radius 3 is 2.88 bits per heavy atom. The van der Waals surface area contributed by atoms with Crippen LogP contribution in [0.4, 0.5) is 0 Å². The van der Waals surface area contributed by atoms with Gasteiger partial charge in [-0.15, -0.1) is 0 Å². The maximum Gasteiger partial charge on any atom is 0.256 e. The highest BCUT2D eigenvalue weighted by Gasteiger charge is 2.21. The first kappa shape index (κ1) is 11.5. The highest BCUT2D eigenvalue weighted by molar-refractivity contribution is 7.97. The van der Waals surface area contributed by atoms with E-state index in [1.165, 1.54) is 11.4 Å². The van der Waals surface area contributed by atoms with Gasteiger partial charge in [0.1, 0.15) is 12.3 Å². The Labute approximate surface area is 100 Å². The fraction of sp³-hybridized carbons (Fsp3) is 0.636. The van der Waals surface area contributed by atoms with Crippen molar-refractivity contribution < 1.29 is 9.30 Å². The third kappa shape index (κ3) is 2.09. The molecule has 0 bridgehead atoms. The first-order valence-electron chi connectivity index (χ1n) is 5.43. The molecule has 0 amide bonds. The fourth-order valence-corrected chi connectivity index (χ4v) is 2.39. The molecule has 0 aliphatic carbocycles. The Kier molecular flexibility index (Phi) is 3.23. The molecule has 0 saturated heterocycles. The molecule has 0 fully saturated rings. The third-order valence-corrected chi connectivity index (χ3v) is 3.65. The first-order valence-corrected chi connectivity index (χ1v) is 6.62. The predicted molar refractivity (Wildman–Crippen MR) is 65.9 cm³/mol. The molecule has 1 aliphatic heterocycles. The second kappa shape index (κ2) is 4.49. The van der Waals surface area contributed by atoms with Crippen molar-refractivity contribution in [3.8, 4) is 0 Å². The van der Waals surface area contributed by atoms with Crippen LogP contribution in [0.5, 0.6) is 0 Å². The zero-order chi connectivity index (χ0) is 11.7. The summed E-state index contributed by atoms with van der Waals surface area (Å²) in [5, 5.41) is 0. The lowest BCUT2D eigenvalue weighted by Gasteiger charge is -1.98. The van der Waals surface area contributed by atoms with Crippen LogP contribution in [0.15, 0.2) is 11.3 Å². The highest BCUT2D eigenvalue weighted by atomic mass is 32.2. The number of aliphatic imine (C=N–C) groups is 1. The number of ether oxygens (including phenoxy) is 1. The molecule has 88 valence electrons. The van der Waals surface area contributed by atoms with Crippen molar-refractivity contribution in [2.45, 2.75) is 33.4 Å². The molecule has 1 aliphatic rings. The summed E-state index contributed by atoms with van der Waals surface area (Å²) in [6.45, 7) is 7.79. The molecule has 0 aromatic carbocycles. The zero-order valence-electron chi connectivity index (χ0n) is 10.2. The van der Waals surface area contributed by atoms with Gasteiger partial charge in [-0.1, -0.05) is 0 Å². The molecular weight excluding hydrogens is 222 g/mol. The van der Waals surface area contributed by atoms with E-state index < -0.39 is 0 Å². The second-order valence-electron chi connectivity index (χ2n) is 4.11. The molecule has 0 N–H and O–H groups in total. The van der Waals surface area contributed by atoms with Crippen LogP contribution >= 0.6 is 11.9 Å². The molecule has 4 nitrogen and oxygen atoms in total. The second-order valence-corrected chi connectivity index (χ2v) is 4.86. The standard InChI is InChI=1S/C11H18N3OS/c1-8-6-15-11(12-8)5-13-7-14(16-4)10(3)9(13)2/h7-8H,5-6H2,1-4H3/q+1/t8-/m0/s1. The quantitative estimate of drug-likeness (QED) is 0.746. The van der Waals surface area contributed by atoms with Crippen LogP contribution < -0.4 is 4.57 Å². The van der Waals surface area contributed by atoms with Gasteiger partial charge in [-0.05, 0) is 6.92 Å². The molecule has 0 saturated carbocycles. The van der Waals surface area contributed by atoms with Gasteiger partial charge in [-0.25, -0.2) is 9.56 Å². The van der Waals surface area contributed by atoms with E-state index in [4.69, 9.17) is 4.74 Å². The Bertz CT molecular complexity index is 425. The number of hydrogen-bond donors (Lipinski definition) is 0. The van der Waals surface area contributed by atoms with E-state index in [1.807, 2.05) is 0 Å². The van der Waals surface area contributed by atoms with Crippen molar-refractivity contribution >= 4 is 17.8 Å². The van der Waals surface area contributed by atoms with Gasteiger partial charge in [0.15, 0.2) is 12.2 Å². The summed E-state index contributed by atoms with van der Waals surface area (Å²) in [5.74, 6) is 0.846. The van der Waals surface area contributed by atoms with E-state index >= 15 is 0 Å². The summed E-state index contributed by atoms with van der Waals surface area (Å²) in [7, 11) is 0. The maximum absolute atomic E-state index is 5.52. The molecule has 16 heavy (non-hydrogen) atoms. The molecule has 5 heteroatoms. The summed E-state index contributed by atoms with van der Waals surface area (Å²) in [6.07, 6.45) is 4.17. The van der Waals surface area contributed by atoms with Crippen LogP contribution in [-0.2, 0) is 11.3 Å². The number of imidazole rings is 1. The van der Waals surface area contributed by atoms with E-state index in [2.05, 4.69) is 46.9 Å². The lowest BCUT2D eigenvalue weighted by molar-refractivity contribution is -0.688. The summed E-state index contributed by atoms with van der Waals surface area (Å²) in [6, 6.07) is 0.305. The smallest absolute Gasteiger partial charge is 0.256 e. The number of aromatic nitrogens is 2. The maximum atomic E-state index is 5.52. The Hall–Kier alpha value is -0.970. The third-order valence-electron chi connectivity index (χ3n) is 2.89. The fourth-order valence-electron chi connectivity index (χ4n) is 1.78. The minimum atomic E-state index is 0.305. The van der Waals surface area contributed by atoms with E-state index in [0.717, 1.165) is 19.0 Å². The van der Waals surface area contributed by atoms with Gasteiger partial charge in [0.05, 0.1) is 18.0 Å². The molecule has 1 atom stereocenters. The van der Waals surface area contributed by atoms with Crippen molar-refractivity contribution in [2.24, 2.45) is 4.99 Å². The molecule has 2 rings (SSSR count). The summed E-state index contributed by atoms with van der Waals surface area (Å²) >= 11 is 1.70. The lowest BCUT2D eigenvalue weighted by atomic mass is 10.4. The minimum absolute atomic E-state index is 0.305. The average molecular weight is 240 g/mol. The molecule has 1 aromatic rings. The van der Waals surface area contributed by atoms with E-state index in [9.17, 15) is 0 Å². The van der Waals surface area contributed by atoms with Gasteiger partial charge in [0, 0.05) is 20.1 Å². The predicted octanol–water partition coefficient (Wildman–Crippen LogP) is 1.34. The molecule has 0 radical (unpaired) electrons. The van der Waals surface area contributed by atoms with Crippen LogP contribution in [0.3, 0.4) is 0 Å². The minimum Gasteiger partial charge on any atom is -0.476 e. The Balaban J connectivity index is 2.19. The number of hydrogen-bond acceptors (Lipinski definition) is 3. The van der Waals surface area contributed by atoms with E-state index in [0.29, 0.717) is 6.04 Å². The van der Waals surface area contributed by atoms with Crippen LogP contribution in [0, 0.1) is 13.8 Å². The van der Waals surface area contributed by atoms with Gasteiger partial charge < -0.3 is 4.74 Å². The SMILES string of the molecule is CSn1c[n+](CC2=N[C@@H](C)CO2)c(C)c1C. The monoisotopic (exact) mass is 240 g/mol. The van der Waals surface area contributed by atoms with Crippen LogP contribution in [0.25, 0.3) is 0 Å². The molecule has 0 unspecified atom stereocenters. The summed E-state index contributed by atoms with van der Waals surface area (Å²) < 4.78 is 9.86. The van der Waals surface area contributed by atoms with Crippen molar-refractivity contribution in [3.05, 3.63) is 17.7 Å². The van der Waals surface area contributed by atoms with Crippen molar-refractivity contribution in [1.29, 1.82) is 0 Å². The van der Waals surface area contributed by atoms with Gasteiger partial charge in [-0.2, -0.15) is 3.97 Å². The molecule has 2 heterocycles. The zero-order valence-corrected chi connectivity index (χ0v) is 11.0. The van der Waals surface area contributed by atoms with Gasteiger partial charge in [-0.3, -0.25) is 0 Å². The molecule has 0 spiro atoms.